The van der Waals surface area contributed by atoms with Crippen molar-refractivity contribution < 1.29 is 9.59 Å². The second-order valence-electron chi connectivity index (χ2n) is 4.57. The van der Waals surface area contributed by atoms with Gasteiger partial charge in [0.05, 0.1) is 0 Å². The molecule has 0 bridgehead atoms. The van der Waals surface area contributed by atoms with E-state index >= 15 is 0 Å². The van der Waals surface area contributed by atoms with Crippen LogP contribution in [0.25, 0.3) is 0 Å². The van der Waals surface area contributed by atoms with Gasteiger partial charge in [-0.15, -0.1) is 0 Å². The molecule has 3 amide bonds. The number of hydrogen-bond donors (Lipinski definition) is 4. The van der Waals surface area contributed by atoms with Crippen LogP contribution in [0.15, 0.2) is 24.3 Å². The van der Waals surface area contributed by atoms with Crippen molar-refractivity contribution >= 4 is 23.3 Å². The third kappa shape index (κ3) is 4.50. The van der Waals surface area contributed by atoms with Gasteiger partial charge in [-0.1, -0.05) is 6.07 Å². The second-order valence-corrected chi connectivity index (χ2v) is 4.57. The number of nitrogens with one attached hydrogen (secondary N) is 3. The third-order valence-corrected chi connectivity index (χ3v) is 2.80. The molecule has 0 spiro atoms. The number of carbonyl (C=O) groups excluding carboxylic acids is 2. The van der Waals surface area contributed by atoms with Gasteiger partial charge in [0.15, 0.2) is 0 Å². The van der Waals surface area contributed by atoms with Crippen molar-refractivity contribution in [2.45, 2.75) is 12.8 Å². The normalized spacial score (nSPS) is 13.7. The smallest absolute Gasteiger partial charge is 0.319 e. The first kappa shape index (κ1) is 13.2. The number of urea groups is 1. The predicted octanol–water partition coefficient (Wildman–Crippen LogP) is 0.916. The molecular weight excluding hydrogens is 244 g/mol. The summed E-state index contributed by atoms with van der Waals surface area (Å²) in [6.07, 6.45) is 1.96. The van der Waals surface area contributed by atoms with E-state index in [0.29, 0.717) is 24.5 Å². The van der Waals surface area contributed by atoms with E-state index in [1.807, 2.05) is 0 Å². The summed E-state index contributed by atoms with van der Waals surface area (Å²) < 4.78 is 0. The van der Waals surface area contributed by atoms with Crippen LogP contribution in [0.1, 0.15) is 12.8 Å². The van der Waals surface area contributed by atoms with Crippen molar-refractivity contribution in [1.82, 2.24) is 10.6 Å². The van der Waals surface area contributed by atoms with Gasteiger partial charge >= 0.3 is 6.03 Å². The summed E-state index contributed by atoms with van der Waals surface area (Å²) in [5, 5.41) is 8.09. The molecule has 6 heteroatoms. The van der Waals surface area contributed by atoms with Crippen molar-refractivity contribution in [2.24, 2.45) is 5.92 Å². The lowest BCUT2D eigenvalue weighted by Crippen LogP contribution is -2.37. The van der Waals surface area contributed by atoms with Crippen LogP contribution in [0, 0.1) is 5.92 Å². The molecule has 2 rings (SSSR count). The van der Waals surface area contributed by atoms with Crippen LogP contribution in [-0.4, -0.2) is 25.0 Å². The highest BCUT2D eigenvalue weighted by molar-refractivity contribution is 5.89. The molecule has 5 N–H and O–H groups in total. The maximum atomic E-state index is 11.5. The number of amides is 3. The number of rotatable bonds is 5. The monoisotopic (exact) mass is 262 g/mol. The summed E-state index contributed by atoms with van der Waals surface area (Å²) in [4.78, 5) is 22.9. The highest BCUT2D eigenvalue weighted by Crippen LogP contribution is 2.28. The molecule has 0 saturated heterocycles. The molecule has 1 saturated carbocycles. The summed E-state index contributed by atoms with van der Waals surface area (Å²) in [5.74, 6) is 0.277. The zero-order valence-electron chi connectivity index (χ0n) is 10.6. The minimum absolute atomic E-state index is 0.0815. The van der Waals surface area contributed by atoms with Gasteiger partial charge in [-0.25, -0.2) is 4.79 Å². The summed E-state index contributed by atoms with van der Waals surface area (Å²) in [7, 11) is 0. The molecule has 102 valence electrons. The second kappa shape index (κ2) is 6.08. The fourth-order valence-electron chi connectivity index (χ4n) is 1.64. The van der Waals surface area contributed by atoms with Gasteiger partial charge in [0.25, 0.3) is 0 Å². The van der Waals surface area contributed by atoms with Crippen LogP contribution in [0.3, 0.4) is 0 Å². The Balaban J connectivity index is 1.62. The van der Waals surface area contributed by atoms with Crippen LogP contribution in [0.2, 0.25) is 0 Å². The van der Waals surface area contributed by atoms with Gasteiger partial charge in [-0.05, 0) is 31.0 Å². The number of benzene rings is 1. The van der Waals surface area contributed by atoms with Gasteiger partial charge in [-0.2, -0.15) is 0 Å². The number of nitrogen functional groups attached to an aromatic ring is 1. The summed E-state index contributed by atoms with van der Waals surface area (Å²) >= 11 is 0. The van der Waals surface area contributed by atoms with Gasteiger partial charge in [0.1, 0.15) is 0 Å². The van der Waals surface area contributed by atoms with Gasteiger partial charge in [-0.3, -0.25) is 4.79 Å². The van der Waals surface area contributed by atoms with E-state index in [4.69, 9.17) is 5.73 Å². The Morgan fingerprint density at radius 2 is 1.95 bits per heavy atom. The quantitative estimate of drug-likeness (QED) is 0.469. The van der Waals surface area contributed by atoms with Crippen LogP contribution >= 0.6 is 0 Å². The van der Waals surface area contributed by atoms with Crippen molar-refractivity contribution in [3.05, 3.63) is 24.3 Å². The molecular formula is C13H18N4O2. The highest BCUT2D eigenvalue weighted by atomic mass is 16.2. The Hall–Kier alpha value is -2.24. The van der Waals surface area contributed by atoms with Crippen LogP contribution < -0.4 is 21.7 Å². The van der Waals surface area contributed by atoms with E-state index in [-0.39, 0.29) is 17.9 Å². The summed E-state index contributed by atoms with van der Waals surface area (Å²) in [5.41, 5.74) is 6.83. The standard InChI is InChI=1S/C13H18N4O2/c14-10-2-1-3-11(8-10)17-13(19)16-7-6-15-12(18)9-4-5-9/h1-3,8-9H,4-7,14H2,(H,15,18)(H2,16,17,19). The fraction of sp³-hybridized carbons (Fsp3) is 0.385. The van der Waals surface area contributed by atoms with E-state index in [0.717, 1.165) is 12.8 Å². The first-order chi connectivity index (χ1) is 9.15. The first-order valence-electron chi connectivity index (χ1n) is 6.33. The van der Waals surface area contributed by atoms with E-state index in [2.05, 4.69) is 16.0 Å². The predicted molar refractivity (Wildman–Crippen MR) is 73.6 cm³/mol. The van der Waals surface area contributed by atoms with Crippen LogP contribution in [-0.2, 0) is 4.79 Å². The van der Waals surface area contributed by atoms with Gasteiger partial charge in [0.2, 0.25) is 5.91 Å². The van der Waals surface area contributed by atoms with E-state index in [1.165, 1.54) is 0 Å². The third-order valence-electron chi connectivity index (χ3n) is 2.80. The molecule has 1 fully saturated rings. The van der Waals surface area contributed by atoms with Crippen LogP contribution in [0.5, 0.6) is 0 Å². The molecule has 1 aliphatic rings. The maximum Gasteiger partial charge on any atom is 0.319 e. The number of nitrogens with two attached hydrogens (primary N) is 1. The summed E-state index contributed by atoms with van der Waals surface area (Å²) in [6, 6.07) is 6.63. The lowest BCUT2D eigenvalue weighted by Gasteiger charge is -2.08. The Morgan fingerprint density at radius 3 is 2.63 bits per heavy atom. The number of carbonyl (C=O) groups is 2. The average Bonchev–Trinajstić information content (AvgIpc) is 3.18. The molecule has 1 aliphatic carbocycles. The molecule has 0 aromatic heterocycles. The van der Waals surface area contributed by atoms with E-state index < -0.39 is 0 Å². The Bertz CT molecular complexity index is 471. The van der Waals surface area contributed by atoms with Crippen molar-refractivity contribution in [1.29, 1.82) is 0 Å². The SMILES string of the molecule is Nc1cccc(NC(=O)NCCNC(=O)C2CC2)c1. The minimum atomic E-state index is -0.314. The Kier molecular flexibility index (Phi) is 4.22. The van der Waals surface area contributed by atoms with Gasteiger partial charge in [0, 0.05) is 30.4 Å². The maximum absolute atomic E-state index is 11.5. The topological polar surface area (TPSA) is 96.2 Å². The number of hydrogen-bond acceptors (Lipinski definition) is 3. The minimum Gasteiger partial charge on any atom is -0.399 e. The van der Waals surface area contributed by atoms with Crippen molar-refractivity contribution in [3.8, 4) is 0 Å². The molecule has 0 heterocycles. The lowest BCUT2D eigenvalue weighted by molar-refractivity contribution is -0.122. The van der Waals surface area contributed by atoms with E-state index in [9.17, 15) is 9.59 Å². The average molecular weight is 262 g/mol. The molecule has 0 atom stereocenters. The molecule has 0 aliphatic heterocycles. The van der Waals surface area contributed by atoms with E-state index in [1.54, 1.807) is 24.3 Å². The molecule has 6 nitrogen and oxygen atoms in total. The molecule has 19 heavy (non-hydrogen) atoms. The van der Waals surface area contributed by atoms with Gasteiger partial charge < -0.3 is 21.7 Å². The Morgan fingerprint density at radius 1 is 1.21 bits per heavy atom. The van der Waals surface area contributed by atoms with Crippen molar-refractivity contribution in [2.75, 3.05) is 24.1 Å². The largest absolute Gasteiger partial charge is 0.399 e. The Labute approximate surface area is 111 Å². The zero-order valence-corrected chi connectivity index (χ0v) is 10.6. The molecule has 1 aromatic carbocycles. The van der Waals surface area contributed by atoms with Crippen LogP contribution in [0.4, 0.5) is 16.2 Å². The molecule has 1 aromatic rings. The first-order valence-corrected chi connectivity index (χ1v) is 6.33. The highest BCUT2D eigenvalue weighted by Gasteiger charge is 2.28. The zero-order chi connectivity index (χ0) is 13.7. The lowest BCUT2D eigenvalue weighted by atomic mass is 10.3. The number of anilines is 2. The summed E-state index contributed by atoms with van der Waals surface area (Å²) in [6.45, 7) is 0.840. The fourth-order valence-corrected chi connectivity index (χ4v) is 1.64. The molecule has 0 unspecified atom stereocenters. The molecule has 0 radical (unpaired) electrons. The van der Waals surface area contributed by atoms with Crippen molar-refractivity contribution in [3.63, 3.8) is 0 Å².